The Morgan fingerprint density at radius 2 is 2.38 bits per heavy atom. The molecule has 1 N–H and O–H groups in total. The molecule has 3 heteroatoms. The summed E-state index contributed by atoms with van der Waals surface area (Å²) in [6.07, 6.45) is 2.98. The lowest BCUT2D eigenvalue weighted by Crippen LogP contribution is -2.07. The molecule has 0 aliphatic rings. The van der Waals surface area contributed by atoms with Crippen LogP contribution in [0.4, 0.5) is 0 Å². The Bertz CT molecular complexity index is 302. The maximum atomic E-state index is 9.84. The van der Waals surface area contributed by atoms with E-state index < -0.39 is 6.10 Å². The molecule has 72 valence electrons. The monoisotopic (exact) mass is 181 g/mol. The molecule has 13 heavy (non-hydrogen) atoms. The van der Waals surface area contributed by atoms with Gasteiger partial charge in [0.1, 0.15) is 5.76 Å². The largest absolute Gasteiger partial charge is 0.498 e. The van der Waals surface area contributed by atoms with E-state index in [9.17, 15) is 5.11 Å². The zero-order chi connectivity index (χ0) is 9.84. The Hall–Kier alpha value is -1.22. The fraction of sp³-hybridized carbons (Fsp3) is 0.400. The molecule has 0 saturated carbocycles. The van der Waals surface area contributed by atoms with E-state index in [0.717, 1.165) is 5.69 Å². The highest BCUT2D eigenvalue weighted by Gasteiger charge is 2.15. The van der Waals surface area contributed by atoms with Crippen LogP contribution >= 0.6 is 0 Å². The molecular weight excluding hydrogens is 166 g/mol. The van der Waals surface area contributed by atoms with E-state index in [1.165, 1.54) is 0 Å². The van der Waals surface area contributed by atoms with Gasteiger partial charge in [-0.05, 0) is 25.1 Å². The second-order valence-electron chi connectivity index (χ2n) is 2.84. The van der Waals surface area contributed by atoms with Gasteiger partial charge in [0, 0.05) is 13.2 Å². The van der Waals surface area contributed by atoms with Crippen LogP contribution in [-0.2, 0) is 11.8 Å². The van der Waals surface area contributed by atoms with E-state index in [2.05, 4.69) is 0 Å². The van der Waals surface area contributed by atoms with E-state index in [-0.39, 0.29) is 0 Å². The van der Waals surface area contributed by atoms with Gasteiger partial charge in [0.2, 0.25) is 0 Å². The fourth-order valence-corrected chi connectivity index (χ4v) is 1.29. The number of methoxy groups -OCH3 is 1. The molecule has 1 rings (SSSR count). The average molecular weight is 181 g/mol. The predicted molar refractivity (Wildman–Crippen MR) is 51.1 cm³/mol. The van der Waals surface area contributed by atoms with Gasteiger partial charge in [-0.2, -0.15) is 0 Å². The normalized spacial score (nSPS) is 14.3. The van der Waals surface area contributed by atoms with Crippen LogP contribution in [0, 0.1) is 0 Å². The van der Waals surface area contributed by atoms with Crippen molar-refractivity contribution in [3.8, 4) is 0 Å². The molecule has 1 atom stereocenters. The summed E-state index contributed by atoms with van der Waals surface area (Å²) in [5, 5.41) is 9.84. The summed E-state index contributed by atoms with van der Waals surface area (Å²) in [5.74, 6) is 0.571. The molecule has 0 fully saturated rings. The topological polar surface area (TPSA) is 34.4 Å². The number of hydrogen-bond acceptors (Lipinski definition) is 2. The molecule has 0 radical (unpaired) electrons. The zero-order valence-corrected chi connectivity index (χ0v) is 8.19. The molecule has 0 aliphatic carbocycles. The molecule has 0 saturated heterocycles. The van der Waals surface area contributed by atoms with Gasteiger partial charge in [-0.3, -0.25) is 0 Å². The van der Waals surface area contributed by atoms with Crippen LogP contribution in [0.25, 0.3) is 0 Å². The van der Waals surface area contributed by atoms with Crippen molar-refractivity contribution in [3.63, 3.8) is 0 Å². The van der Waals surface area contributed by atoms with Crippen LogP contribution in [0.5, 0.6) is 0 Å². The van der Waals surface area contributed by atoms with E-state index in [4.69, 9.17) is 4.74 Å². The van der Waals surface area contributed by atoms with Crippen LogP contribution < -0.4 is 0 Å². The Morgan fingerprint density at radius 1 is 1.69 bits per heavy atom. The van der Waals surface area contributed by atoms with Crippen LogP contribution in [0.15, 0.2) is 30.2 Å². The Morgan fingerprint density at radius 3 is 2.77 bits per heavy atom. The van der Waals surface area contributed by atoms with Crippen LogP contribution in [0.3, 0.4) is 0 Å². The molecule has 0 aromatic carbocycles. The third-order valence-corrected chi connectivity index (χ3v) is 2.05. The van der Waals surface area contributed by atoms with Crippen molar-refractivity contribution in [2.45, 2.75) is 13.0 Å². The van der Waals surface area contributed by atoms with Gasteiger partial charge in [-0.25, -0.2) is 0 Å². The molecular formula is C10H15NO2. The summed E-state index contributed by atoms with van der Waals surface area (Å²) in [5.41, 5.74) is 0.829. The summed E-state index contributed by atoms with van der Waals surface area (Å²) in [6.45, 7) is 1.84. The van der Waals surface area contributed by atoms with Crippen LogP contribution in [-0.4, -0.2) is 16.8 Å². The highest BCUT2D eigenvalue weighted by Crippen LogP contribution is 2.21. The molecule has 1 unspecified atom stereocenters. The quantitative estimate of drug-likeness (QED) is 0.719. The van der Waals surface area contributed by atoms with Gasteiger partial charge < -0.3 is 14.4 Å². The smallest absolute Gasteiger partial charge is 0.150 e. The fourth-order valence-electron chi connectivity index (χ4n) is 1.29. The number of nitrogens with zero attached hydrogens (tertiary/aromatic N) is 1. The summed E-state index contributed by atoms with van der Waals surface area (Å²) >= 11 is 0. The molecule has 1 aromatic rings. The number of rotatable bonds is 3. The number of hydrogen-bond donors (Lipinski definition) is 1. The molecule has 1 heterocycles. The highest BCUT2D eigenvalue weighted by atomic mass is 16.5. The minimum atomic E-state index is -0.671. The lowest BCUT2D eigenvalue weighted by Gasteiger charge is -2.14. The van der Waals surface area contributed by atoms with Crippen molar-refractivity contribution in [1.29, 1.82) is 0 Å². The van der Waals surface area contributed by atoms with E-state index >= 15 is 0 Å². The van der Waals surface area contributed by atoms with Crippen molar-refractivity contribution in [1.82, 2.24) is 4.57 Å². The first-order valence-corrected chi connectivity index (χ1v) is 4.20. The Balaban J connectivity index is 2.90. The number of allylic oxidation sites excluding steroid dienone is 1. The highest BCUT2D eigenvalue weighted by molar-refractivity contribution is 5.17. The van der Waals surface area contributed by atoms with Crippen LogP contribution in [0.1, 0.15) is 18.7 Å². The van der Waals surface area contributed by atoms with Gasteiger partial charge in [-0.1, -0.05) is 0 Å². The third-order valence-electron chi connectivity index (χ3n) is 2.05. The lowest BCUT2D eigenvalue weighted by molar-refractivity contribution is 0.123. The molecule has 0 bridgehead atoms. The average Bonchev–Trinajstić information content (AvgIpc) is 2.53. The van der Waals surface area contributed by atoms with E-state index in [0.29, 0.717) is 5.76 Å². The third kappa shape index (κ3) is 1.92. The Labute approximate surface area is 78.3 Å². The summed E-state index contributed by atoms with van der Waals surface area (Å²) in [6, 6.07) is 3.76. The van der Waals surface area contributed by atoms with Gasteiger partial charge in [0.15, 0.2) is 6.10 Å². The van der Waals surface area contributed by atoms with Gasteiger partial charge >= 0.3 is 0 Å². The predicted octanol–water partition coefficient (Wildman–Crippen LogP) is 1.61. The number of ether oxygens (including phenoxy) is 1. The molecule has 0 aliphatic heterocycles. The molecule has 0 spiro atoms. The molecule has 0 amide bonds. The Kier molecular flexibility index (Phi) is 3.14. The maximum absolute atomic E-state index is 9.84. The number of aliphatic hydroxyl groups excluding tert-OH is 1. The van der Waals surface area contributed by atoms with Crippen molar-refractivity contribution in [2.24, 2.45) is 7.05 Å². The van der Waals surface area contributed by atoms with Crippen molar-refractivity contribution < 1.29 is 9.84 Å². The minimum absolute atomic E-state index is 0.571. The van der Waals surface area contributed by atoms with E-state index in [1.807, 2.05) is 36.9 Å². The number of aromatic nitrogens is 1. The van der Waals surface area contributed by atoms with Crippen molar-refractivity contribution >= 4 is 0 Å². The van der Waals surface area contributed by atoms with Gasteiger partial charge in [0.05, 0.1) is 12.8 Å². The summed E-state index contributed by atoms with van der Waals surface area (Å²) in [4.78, 5) is 0. The standard InChI is InChI=1S/C10H15NO2/c1-4-9(13-3)10(12)8-6-5-7-11(8)2/h4-7,10,12H,1-3H3/b9-4+. The first-order chi connectivity index (χ1) is 6.20. The van der Waals surface area contributed by atoms with Gasteiger partial charge in [0.25, 0.3) is 0 Å². The van der Waals surface area contributed by atoms with Crippen molar-refractivity contribution in [2.75, 3.05) is 7.11 Å². The van der Waals surface area contributed by atoms with Crippen LogP contribution in [0.2, 0.25) is 0 Å². The SMILES string of the molecule is C/C=C(/OC)C(O)c1cccn1C. The number of aryl methyl sites for hydroxylation is 1. The summed E-state index contributed by atoms with van der Waals surface area (Å²) < 4.78 is 6.91. The maximum Gasteiger partial charge on any atom is 0.150 e. The second kappa shape index (κ2) is 4.14. The molecule has 1 aromatic heterocycles. The zero-order valence-electron chi connectivity index (χ0n) is 8.19. The first kappa shape index (κ1) is 9.86. The van der Waals surface area contributed by atoms with Crippen molar-refractivity contribution in [3.05, 3.63) is 35.9 Å². The first-order valence-electron chi connectivity index (χ1n) is 4.20. The minimum Gasteiger partial charge on any atom is -0.498 e. The molecule has 3 nitrogen and oxygen atoms in total. The lowest BCUT2D eigenvalue weighted by atomic mass is 10.2. The second-order valence-corrected chi connectivity index (χ2v) is 2.84. The van der Waals surface area contributed by atoms with E-state index in [1.54, 1.807) is 13.2 Å². The van der Waals surface area contributed by atoms with Gasteiger partial charge in [-0.15, -0.1) is 0 Å². The summed E-state index contributed by atoms with van der Waals surface area (Å²) in [7, 11) is 3.45. The number of aliphatic hydroxyl groups is 1.